The van der Waals surface area contributed by atoms with Gasteiger partial charge in [-0.3, -0.25) is 4.98 Å². The average Bonchev–Trinajstić information content (AvgIpc) is 2.82. The first-order chi connectivity index (χ1) is 8.75. The molecule has 2 unspecified atom stereocenters. The summed E-state index contributed by atoms with van der Waals surface area (Å²) in [7, 11) is 0. The summed E-state index contributed by atoms with van der Waals surface area (Å²) in [5.74, 6) is 0.251. The van der Waals surface area contributed by atoms with E-state index < -0.39 is 18.0 Å². The number of benzene rings is 1. The predicted octanol–water partition coefficient (Wildman–Crippen LogP) is 2.26. The van der Waals surface area contributed by atoms with Crippen molar-refractivity contribution in [3.63, 3.8) is 0 Å². The number of ether oxygens (including phenoxy) is 1. The molecule has 0 saturated carbocycles. The van der Waals surface area contributed by atoms with Crippen LogP contribution in [0.1, 0.15) is 17.2 Å². The summed E-state index contributed by atoms with van der Waals surface area (Å²) in [6, 6.07) is 9.08. The van der Waals surface area contributed by atoms with E-state index in [1.807, 2.05) is 24.3 Å². The highest BCUT2D eigenvalue weighted by molar-refractivity contribution is 5.38. The molecule has 1 N–H and O–H groups in total. The minimum absolute atomic E-state index is 0.225. The minimum Gasteiger partial charge on any atom is -0.487 e. The van der Waals surface area contributed by atoms with Gasteiger partial charge in [-0.05, 0) is 17.7 Å². The summed E-state index contributed by atoms with van der Waals surface area (Å²) < 4.78 is 19.2. The van der Waals surface area contributed by atoms with E-state index in [1.54, 1.807) is 0 Å². The molecule has 0 amide bonds. The van der Waals surface area contributed by atoms with Crippen LogP contribution in [0.4, 0.5) is 4.39 Å². The van der Waals surface area contributed by atoms with Crippen LogP contribution >= 0.6 is 0 Å². The number of para-hydroxylation sites is 1. The topological polar surface area (TPSA) is 42.4 Å². The predicted molar refractivity (Wildman–Crippen MR) is 63.7 cm³/mol. The second-order valence-electron chi connectivity index (χ2n) is 4.31. The van der Waals surface area contributed by atoms with E-state index >= 15 is 0 Å². The lowest BCUT2D eigenvalue weighted by atomic mass is 10.0. The number of hydrogen-bond donors (Lipinski definition) is 1. The zero-order chi connectivity index (χ0) is 12.5. The number of halogens is 1. The maximum absolute atomic E-state index is 13.5. The minimum atomic E-state index is -0.986. The summed E-state index contributed by atoms with van der Waals surface area (Å²) in [4.78, 5) is 3.67. The van der Waals surface area contributed by atoms with Crippen molar-refractivity contribution in [3.05, 3.63) is 59.7 Å². The summed E-state index contributed by atoms with van der Waals surface area (Å²) in [5.41, 5.74) is 1.26. The molecule has 0 aliphatic carbocycles. The van der Waals surface area contributed by atoms with Gasteiger partial charge in [-0.2, -0.15) is 0 Å². The molecule has 0 saturated heterocycles. The van der Waals surface area contributed by atoms with Crippen molar-refractivity contribution in [1.29, 1.82) is 0 Å². The van der Waals surface area contributed by atoms with Crippen LogP contribution in [0.2, 0.25) is 0 Å². The Hall–Kier alpha value is -1.94. The smallest absolute Gasteiger partial charge is 0.147 e. The van der Waals surface area contributed by atoms with Gasteiger partial charge in [-0.15, -0.1) is 0 Å². The Bertz CT molecular complexity index is 548. The van der Waals surface area contributed by atoms with Gasteiger partial charge in [0, 0.05) is 18.2 Å². The largest absolute Gasteiger partial charge is 0.487 e. The molecule has 0 fully saturated rings. The molecule has 1 aromatic carbocycles. The highest BCUT2D eigenvalue weighted by Crippen LogP contribution is 2.34. The van der Waals surface area contributed by atoms with Gasteiger partial charge >= 0.3 is 0 Å². The van der Waals surface area contributed by atoms with E-state index in [0.717, 1.165) is 17.5 Å². The molecule has 18 heavy (non-hydrogen) atoms. The Morgan fingerprint density at radius 1 is 1.33 bits per heavy atom. The normalized spacial score (nSPS) is 19.1. The third-order valence-corrected chi connectivity index (χ3v) is 3.15. The second-order valence-corrected chi connectivity index (χ2v) is 4.31. The molecular formula is C14H12FNO2. The van der Waals surface area contributed by atoms with Crippen LogP contribution in [-0.4, -0.2) is 16.2 Å². The SMILES string of the molecule is OC(c1ccncc1F)C1Cc2ccccc2O1. The Morgan fingerprint density at radius 3 is 2.94 bits per heavy atom. The van der Waals surface area contributed by atoms with Gasteiger partial charge in [0.2, 0.25) is 0 Å². The van der Waals surface area contributed by atoms with E-state index in [0.29, 0.717) is 6.42 Å². The number of fused-ring (bicyclic) bond motifs is 1. The first kappa shape index (κ1) is 11.2. The quantitative estimate of drug-likeness (QED) is 0.882. The van der Waals surface area contributed by atoms with Crippen LogP contribution in [0.3, 0.4) is 0 Å². The molecule has 1 aliphatic heterocycles. The van der Waals surface area contributed by atoms with Crippen molar-refractivity contribution in [1.82, 2.24) is 4.98 Å². The molecule has 3 rings (SSSR count). The molecule has 0 bridgehead atoms. The number of aliphatic hydroxyl groups excluding tert-OH is 1. The lowest BCUT2D eigenvalue weighted by Crippen LogP contribution is -2.23. The van der Waals surface area contributed by atoms with Gasteiger partial charge in [-0.1, -0.05) is 18.2 Å². The third-order valence-electron chi connectivity index (χ3n) is 3.15. The molecule has 1 aromatic heterocycles. The fourth-order valence-corrected chi connectivity index (χ4v) is 2.21. The highest BCUT2D eigenvalue weighted by atomic mass is 19.1. The van der Waals surface area contributed by atoms with E-state index in [1.165, 1.54) is 12.3 Å². The van der Waals surface area contributed by atoms with Gasteiger partial charge in [-0.25, -0.2) is 4.39 Å². The maximum atomic E-state index is 13.5. The fraction of sp³-hybridized carbons (Fsp3) is 0.214. The number of rotatable bonds is 2. The Kier molecular flexibility index (Phi) is 2.72. The lowest BCUT2D eigenvalue weighted by Gasteiger charge is -2.18. The zero-order valence-electron chi connectivity index (χ0n) is 9.58. The molecular weight excluding hydrogens is 233 g/mol. The maximum Gasteiger partial charge on any atom is 0.147 e. The molecule has 4 heteroatoms. The lowest BCUT2D eigenvalue weighted by molar-refractivity contribution is 0.0466. The van der Waals surface area contributed by atoms with Gasteiger partial charge in [0.15, 0.2) is 0 Å². The van der Waals surface area contributed by atoms with E-state index in [4.69, 9.17) is 4.74 Å². The molecule has 3 nitrogen and oxygen atoms in total. The summed E-state index contributed by atoms with van der Waals surface area (Å²) in [5, 5.41) is 10.2. The van der Waals surface area contributed by atoms with Crippen LogP contribution in [0.25, 0.3) is 0 Å². The Balaban J connectivity index is 1.85. The number of nitrogens with zero attached hydrogens (tertiary/aromatic N) is 1. The molecule has 0 radical (unpaired) electrons. The number of pyridine rings is 1. The van der Waals surface area contributed by atoms with E-state index in [2.05, 4.69) is 4.98 Å². The van der Waals surface area contributed by atoms with Crippen LogP contribution in [0, 0.1) is 5.82 Å². The zero-order valence-corrected chi connectivity index (χ0v) is 9.58. The van der Waals surface area contributed by atoms with Crippen molar-refractivity contribution in [2.45, 2.75) is 18.6 Å². The molecule has 2 heterocycles. The fourth-order valence-electron chi connectivity index (χ4n) is 2.21. The molecule has 92 valence electrons. The van der Waals surface area contributed by atoms with Crippen molar-refractivity contribution in [3.8, 4) is 5.75 Å². The highest BCUT2D eigenvalue weighted by Gasteiger charge is 2.31. The monoisotopic (exact) mass is 245 g/mol. The summed E-state index contributed by atoms with van der Waals surface area (Å²) in [6.45, 7) is 0. The number of aromatic nitrogens is 1. The summed E-state index contributed by atoms with van der Waals surface area (Å²) in [6.07, 6.45) is 1.71. The van der Waals surface area contributed by atoms with Crippen molar-refractivity contribution in [2.24, 2.45) is 0 Å². The Labute approximate surface area is 104 Å². The number of aliphatic hydroxyl groups is 1. The third kappa shape index (κ3) is 1.84. The van der Waals surface area contributed by atoms with E-state index in [9.17, 15) is 9.50 Å². The first-order valence-corrected chi connectivity index (χ1v) is 5.78. The van der Waals surface area contributed by atoms with Gasteiger partial charge < -0.3 is 9.84 Å². The molecule has 1 aliphatic rings. The van der Waals surface area contributed by atoms with Crippen LogP contribution in [0.15, 0.2) is 42.7 Å². The van der Waals surface area contributed by atoms with E-state index in [-0.39, 0.29) is 5.56 Å². The summed E-state index contributed by atoms with van der Waals surface area (Å²) >= 11 is 0. The van der Waals surface area contributed by atoms with Gasteiger partial charge in [0.1, 0.15) is 23.8 Å². The Morgan fingerprint density at radius 2 is 2.17 bits per heavy atom. The van der Waals surface area contributed by atoms with Crippen LogP contribution in [-0.2, 0) is 6.42 Å². The van der Waals surface area contributed by atoms with Gasteiger partial charge in [0.05, 0.1) is 6.20 Å². The van der Waals surface area contributed by atoms with Crippen molar-refractivity contribution < 1.29 is 14.2 Å². The van der Waals surface area contributed by atoms with Crippen molar-refractivity contribution in [2.75, 3.05) is 0 Å². The second kappa shape index (κ2) is 4.38. The molecule has 2 atom stereocenters. The average molecular weight is 245 g/mol. The standard InChI is InChI=1S/C14H12FNO2/c15-11-8-16-6-5-10(11)14(17)13-7-9-3-1-2-4-12(9)18-13/h1-6,8,13-14,17H,7H2. The first-order valence-electron chi connectivity index (χ1n) is 5.78. The van der Waals surface area contributed by atoms with Crippen molar-refractivity contribution >= 4 is 0 Å². The van der Waals surface area contributed by atoms with Crippen LogP contribution in [0.5, 0.6) is 5.75 Å². The van der Waals surface area contributed by atoms with Crippen LogP contribution < -0.4 is 4.74 Å². The van der Waals surface area contributed by atoms with Gasteiger partial charge in [0.25, 0.3) is 0 Å². The molecule has 0 spiro atoms. The molecule has 2 aromatic rings. The number of hydrogen-bond acceptors (Lipinski definition) is 3.